The van der Waals surface area contributed by atoms with Crippen LogP contribution in [0.2, 0.25) is 0 Å². The van der Waals surface area contributed by atoms with Gasteiger partial charge in [0, 0.05) is 18.9 Å². The summed E-state index contributed by atoms with van der Waals surface area (Å²) in [5, 5.41) is 0. The molecule has 1 atom stereocenters. The van der Waals surface area contributed by atoms with Crippen LogP contribution in [0.5, 0.6) is 5.75 Å². The summed E-state index contributed by atoms with van der Waals surface area (Å²) in [5.74, 6) is 0.789. The highest BCUT2D eigenvalue weighted by molar-refractivity contribution is 5.85. The summed E-state index contributed by atoms with van der Waals surface area (Å²) >= 11 is 0. The fraction of sp³-hybridized carbons (Fsp3) is 0.353. The fourth-order valence-electron chi connectivity index (χ4n) is 2.93. The first-order valence-electron chi connectivity index (χ1n) is 7.91. The lowest BCUT2D eigenvalue weighted by Crippen LogP contribution is -2.43. The van der Waals surface area contributed by atoms with E-state index in [9.17, 15) is 0 Å². The van der Waals surface area contributed by atoms with E-state index in [0.717, 1.165) is 30.7 Å². The molecule has 0 saturated carbocycles. The highest BCUT2D eigenvalue weighted by atomic mass is 35.5. The maximum atomic E-state index is 5.88. The van der Waals surface area contributed by atoms with Gasteiger partial charge in [-0.05, 0) is 43.5 Å². The molecule has 1 fully saturated rings. The van der Waals surface area contributed by atoms with Crippen molar-refractivity contribution >= 4 is 29.7 Å². The monoisotopic (exact) mass is 346 g/mol. The summed E-state index contributed by atoms with van der Waals surface area (Å²) in [5.41, 5.74) is 1.38. The standard InChI is InChI=1S/C17H18N4O2.ClH/c1-2-10-21(17-20-16-15(23-17)7-4-9-19-16)13(5-1)12-22-14-6-3-8-18-11-14;/h3-4,6-9,11,13H,1-2,5,10,12H2;1H. The first-order valence-corrected chi connectivity index (χ1v) is 7.91. The van der Waals surface area contributed by atoms with Crippen molar-refractivity contribution in [1.82, 2.24) is 15.0 Å². The molecule has 1 unspecified atom stereocenters. The van der Waals surface area contributed by atoms with E-state index in [0.29, 0.717) is 18.3 Å². The SMILES string of the molecule is Cl.c1cncc(OCC2CCCCN2c2nc3ncccc3o2)c1. The van der Waals surface area contributed by atoms with Crippen LogP contribution in [0, 0.1) is 0 Å². The Bertz CT molecular complexity index is 747. The van der Waals surface area contributed by atoms with Crippen molar-refractivity contribution in [3.63, 3.8) is 0 Å². The molecule has 24 heavy (non-hydrogen) atoms. The van der Waals surface area contributed by atoms with Crippen molar-refractivity contribution < 1.29 is 9.15 Å². The zero-order valence-corrected chi connectivity index (χ0v) is 14.0. The van der Waals surface area contributed by atoms with Crippen LogP contribution in [-0.4, -0.2) is 34.1 Å². The van der Waals surface area contributed by atoms with Crippen LogP contribution >= 0.6 is 12.4 Å². The molecule has 4 heterocycles. The van der Waals surface area contributed by atoms with Gasteiger partial charge in [0.1, 0.15) is 12.4 Å². The number of nitrogens with zero attached hydrogens (tertiary/aromatic N) is 4. The average Bonchev–Trinajstić information content (AvgIpc) is 3.05. The molecule has 7 heteroatoms. The van der Waals surface area contributed by atoms with Crippen LogP contribution in [0.1, 0.15) is 19.3 Å². The Morgan fingerprint density at radius 3 is 2.96 bits per heavy atom. The predicted octanol–water partition coefficient (Wildman–Crippen LogP) is 3.48. The number of pyridine rings is 2. The molecular weight excluding hydrogens is 328 g/mol. The molecule has 1 aliphatic heterocycles. The minimum Gasteiger partial charge on any atom is -0.490 e. The molecule has 0 aromatic carbocycles. The third-order valence-electron chi connectivity index (χ3n) is 4.10. The number of halogens is 1. The maximum absolute atomic E-state index is 5.88. The number of anilines is 1. The van der Waals surface area contributed by atoms with Gasteiger partial charge in [0.25, 0.3) is 6.01 Å². The van der Waals surface area contributed by atoms with Crippen LogP contribution in [0.25, 0.3) is 11.2 Å². The van der Waals surface area contributed by atoms with E-state index in [1.807, 2.05) is 24.3 Å². The quantitative estimate of drug-likeness (QED) is 0.720. The number of oxazole rings is 1. The minimum absolute atomic E-state index is 0. The van der Waals surface area contributed by atoms with Crippen LogP contribution in [0.15, 0.2) is 47.3 Å². The van der Waals surface area contributed by atoms with Gasteiger partial charge in [0.2, 0.25) is 5.65 Å². The van der Waals surface area contributed by atoms with Gasteiger partial charge < -0.3 is 14.1 Å². The summed E-state index contributed by atoms with van der Waals surface area (Å²) in [7, 11) is 0. The van der Waals surface area contributed by atoms with Crippen LogP contribution in [0.3, 0.4) is 0 Å². The van der Waals surface area contributed by atoms with E-state index in [4.69, 9.17) is 9.15 Å². The number of hydrogen-bond acceptors (Lipinski definition) is 6. The second-order valence-electron chi connectivity index (χ2n) is 5.66. The van der Waals surface area contributed by atoms with Crippen LogP contribution < -0.4 is 9.64 Å². The van der Waals surface area contributed by atoms with Gasteiger partial charge in [0.05, 0.1) is 12.2 Å². The lowest BCUT2D eigenvalue weighted by Gasteiger charge is -2.34. The van der Waals surface area contributed by atoms with Crippen LogP contribution in [0.4, 0.5) is 6.01 Å². The molecule has 1 saturated heterocycles. The van der Waals surface area contributed by atoms with Gasteiger partial charge >= 0.3 is 0 Å². The highest BCUT2D eigenvalue weighted by Gasteiger charge is 2.27. The molecule has 0 amide bonds. The Morgan fingerprint density at radius 1 is 1.21 bits per heavy atom. The molecule has 3 aromatic heterocycles. The van der Waals surface area contributed by atoms with Gasteiger partial charge in [-0.2, -0.15) is 4.98 Å². The molecule has 0 N–H and O–H groups in total. The molecular formula is C17H19ClN4O2. The van der Waals surface area contributed by atoms with E-state index in [1.165, 1.54) is 6.42 Å². The van der Waals surface area contributed by atoms with Gasteiger partial charge in [-0.15, -0.1) is 12.4 Å². The van der Waals surface area contributed by atoms with E-state index in [-0.39, 0.29) is 18.4 Å². The number of aromatic nitrogens is 3. The number of fused-ring (bicyclic) bond motifs is 1. The molecule has 126 valence electrons. The number of hydrogen-bond donors (Lipinski definition) is 0. The van der Waals surface area contributed by atoms with Crippen molar-refractivity contribution in [2.45, 2.75) is 25.3 Å². The van der Waals surface area contributed by atoms with Crippen molar-refractivity contribution in [3.05, 3.63) is 42.9 Å². The van der Waals surface area contributed by atoms with Crippen LogP contribution in [-0.2, 0) is 0 Å². The summed E-state index contributed by atoms with van der Waals surface area (Å²) < 4.78 is 11.8. The topological polar surface area (TPSA) is 64.3 Å². The first kappa shape index (κ1) is 16.5. The van der Waals surface area contributed by atoms with Crippen molar-refractivity contribution in [1.29, 1.82) is 0 Å². The second kappa shape index (κ2) is 7.49. The lowest BCUT2D eigenvalue weighted by atomic mass is 10.0. The average molecular weight is 347 g/mol. The third-order valence-corrected chi connectivity index (χ3v) is 4.10. The first-order chi connectivity index (χ1) is 11.4. The molecule has 0 bridgehead atoms. The molecule has 0 radical (unpaired) electrons. The molecule has 3 aromatic rings. The summed E-state index contributed by atoms with van der Waals surface area (Å²) in [6.07, 6.45) is 8.59. The molecule has 6 nitrogen and oxygen atoms in total. The van der Waals surface area contributed by atoms with E-state index in [2.05, 4.69) is 19.9 Å². The second-order valence-corrected chi connectivity index (χ2v) is 5.66. The largest absolute Gasteiger partial charge is 0.490 e. The van der Waals surface area contributed by atoms with Crippen molar-refractivity contribution in [2.75, 3.05) is 18.1 Å². The van der Waals surface area contributed by atoms with Crippen molar-refractivity contribution in [3.8, 4) is 5.75 Å². The van der Waals surface area contributed by atoms with E-state index < -0.39 is 0 Å². The van der Waals surface area contributed by atoms with Gasteiger partial charge in [-0.3, -0.25) is 4.98 Å². The zero-order valence-electron chi connectivity index (χ0n) is 13.2. The van der Waals surface area contributed by atoms with Gasteiger partial charge in [-0.25, -0.2) is 4.98 Å². The Labute approximate surface area is 146 Å². The van der Waals surface area contributed by atoms with E-state index >= 15 is 0 Å². The summed E-state index contributed by atoms with van der Waals surface area (Å²) in [6, 6.07) is 8.43. The molecule has 1 aliphatic rings. The fourth-order valence-corrected chi connectivity index (χ4v) is 2.93. The molecule has 0 spiro atoms. The summed E-state index contributed by atoms with van der Waals surface area (Å²) in [6.45, 7) is 1.52. The highest BCUT2D eigenvalue weighted by Crippen LogP contribution is 2.27. The lowest BCUT2D eigenvalue weighted by molar-refractivity contribution is 0.254. The zero-order chi connectivity index (χ0) is 15.5. The summed E-state index contributed by atoms with van der Waals surface area (Å²) in [4.78, 5) is 15.0. The number of piperidine rings is 1. The normalized spacial score (nSPS) is 17.5. The van der Waals surface area contributed by atoms with Gasteiger partial charge in [0.15, 0.2) is 5.58 Å². The minimum atomic E-state index is 0. The Hall–Kier alpha value is -2.34. The van der Waals surface area contributed by atoms with Gasteiger partial charge in [-0.1, -0.05) is 0 Å². The van der Waals surface area contributed by atoms with Crippen molar-refractivity contribution in [2.24, 2.45) is 0 Å². The molecule has 4 rings (SSSR count). The maximum Gasteiger partial charge on any atom is 0.300 e. The molecule has 0 aliphatic carbocycles. The Morgan fingerprint density at radius 2 is 2.12 bits per heavy atom. The third kappa shape index (κ3) is 3.43. The Balaban J connectivity index is 0.00000169. The van der Waals surface area contributed by atoms with E-state index in [1.54, 1.807) is 18.6 Å². The Kier molecular flexibility index (Phi) is 5.15. The predicted molar refractivity (Wildman–Crippen MR) is 93.8 cm³/mol. The number of ether oxygens (including phenoxy) is 1. The number of rotatable bonds is 4. The smallest absolute Gasteiger partial charge is 0.300 e.